The topological polar surface area (TPSA) is 32.3 Å². The summed E-state index contributed by atoms with van der Waals surface area (Å²) >= 11 is 1.75. The van der Waals surface area contributed by atoms with Crippen LogP contribution >= 0.6 is 11.3 Å². The lowest BCUT2D eigenvalue weighted by Crippen LogP contribution is -2.35. The van der Waals surface area contributed by atoms with Gasteiger partial charge in [-0.15, -0.1) is 11.3 Å². The van der Waals surface area contributed by atoms with Crippen molar-refractivity contribution in [2.45, 2.75) is 51.1 Å². The van der Waals surface area contributed by atoms with Crippen molar-refractivity contribution in [1.29, 1.82) is 0 Å². The van der Waals surface area contributed by atoms with Crippen molar-refractivity contribution < 1.29 is 5.11 Å². The molecule has 1 heterocycles. The van der Waals surface area contributed by atoms with Crippen LogP contribution in [0.2, 0.25) is 0 Å². The van der Waals surface area contributed by atoms with Gasteiger partial charge in [-0.3, -0.25) is 0 Å². The molecule has 0 amide bonds. The zero-order valence-electron chi connectivity index (χ0n) is 9.91. The predicted molar refractivity (Wildman–Crippen MR) is 68.9 cm³/mol. The average molecular weight is 239 g/mol. The van der Waals surface area contributed by atoms with Crippen LogP contribution in [0.15, 0.2) is 11.4 Å². The Balaban J connectivity index is 1.97. The van der Waals surface area contributed by atoms with E-state index in [0.29, 0.717) is 6.04 Å². The van der Waals surface area contributed by atoms with Crippen LogP contribution in [0.3, 0.4) is 0 Å². The zero-order chi connectivity index (χ0) is 11.4. The summed E-state index contributed by atoms with van der Waals surface area (Å²) in [6, 6.07) is 2.88. The van der Waals surface area contributed by atoms with Crippen LogP contribution in [0, 0.1) is 6.92 Å². The van der Waals surface area contributed by atoms with Gasteiger partial charge in [-0.05, 0) is 36.8 Å². The van der Waals surface area contributed by atoms with E-state index in [2.05, 4.69) is 23.7 Å². The summed E-state index contributed by atoms with van der Waals surface area (Å²) in [6.07, 6.45) is 6.57. The highest BCUT2D eigenvalue weighted by atomic mass is 32.1. The Kier molecular flexibility index (Phi) is 4.38. The molecule has 0 bridgehead atoms. The van der Waals surface area contributed by atoms with Crippen molar-refractivity contribution in [2.75, 3.05) is 6.61 Å². The molecular formula is C13H21NOS. The van der Waals surface area contributed by atoms with E-state index >= 15 is 0 Å². The molecule has 1 atom stereocenters. The van der Waals surface area contributed by atoms with Crippen LogP contribution in [0.25, 0.3) is 0 Å². The fourth-order valence-electron chi connectivity index (χ4n) is 2.51. The van der Waals surface area contributed by atoms with Crippen molar-refractivity contribution in [3.63, 3.8) is 0 Å². The summed E-state index contributed by atoms with van der Waals surface area (Å²) < 4.78 is 0. The molecule has 0 aliphatic heterocycles. The molecule has 1 aliphatic rings. The van der Waals surface area contributed by atoms with E-state index in [9.17, 15) is 5.11 Å². The third kappa shape index (κ3) is 2.84. The van der Waals surface area contributed by atoms with Crippen LogP contribution in [0.1, 0.15) is 48.6 Å². The molecule has 0 saturated heterocycles. The molecule has 1 aromatic rings. The molecule has 0 radical (unpaired) electrons. The number of hydrogen-bond acceptors (Lipinski definition) is 3. The maximum Gasteiger partial charge on any atom is 0.0654 e. The lowest BCUT2D eigenvalue weighted by atomic mass is 9.94. The second-order valence-electron chi connectivity index (χ2n) is 4.70. The number of aliphatic hydroxyl groups is 1. The maximum absolute atomic E-state index is 9.50. The van der Waals surface area contributed by atoms with Gasteiger partial charge in [0.05, 0.1) is 12.6 Å². The fourth-order valence-corrected chi connectivity index (χ4v) is 3.49. The number of aryl methyl sites for hydroxylation is 1. The lowest BCUT2D eigenvalue weighted by Gasteiger charge is -2.27. The van der Waals surface area contributed by atoms with Crippen LogP contribution < -0.4 is 5.32 Å². The van der Waals surface area contributed by atoms with Gasteiger partial charge in [0.1, 0.15) is 0 Å². The fraction of sp³-hybridized carbons (Fsp3) is 0.692. The van der Waals surface area contributed by atoms with E-state index in [0.717, 1.165) is 0 Å². The van der Waals surface area contributed by atoms with Crippen molar-refractivity contribution in [2.24, 2.45) is 0 Å². The van der Waals surface area contributed by atoms with Gasteiger partial charge in [0, 0.05) is 10.9 Å². The zero-order valence-corrected chi connectivity index (χ0v) is 10.7. The van der Waals surface area contributed by atoms with E-state index in [4.69, 9.17) is 0 Å². The molecule has 1 fully saturated rings. The van der Waals surface area contributed by atoms with E-state index in [1.165, 1.54) is 42.5 Å². The number of aliphatic hydroxyl groups excluding tert-OH is 1. The normalized spacial score (nSPS) is 19.9. The molecule has 0 spiro atoms. The standard InChI is InChI=1S/C13H21NOS/c1-10-7-8-16-13(10)12(9-15)14-11-5-3-2-4-6-11/h7-8,11-12,14-15H,2-6,9H2,1H3. The number of hydrogen-bond donors (Lipinski definition) is 2. The van der Waals surface area contributed by atoms with Gasteiger partial charge in [-0.1, -0.05) is 19.3 Å². The molecule has 2 rings (SSSR count). The van der Waals surface area contributed by atoms with E-state index < -0.39 is 0 Å². The largest absolute Gasteiger partial charge is 0.394 e. The Labute approximate surface area is 102 Å². The quantitative estimate of drug-likeness (QED) is 0.846. The van der Waals surface area contributed by atoms with Gasteiger partial charge in [0.15, 0.2) is 0 Å². The number of rotatable bonds is 4. The first-order valence-corrected chi connectivity index (χ1v) is 7.10. The molecule has 3 heteroatoms. The van der Waals surface area contributed by atoms with Gasteiger partial charge in [-0.2, -0.15) is 0 Å². The molecule has 2 nitrogen and oxygen atoms in total. The Morgan fingerprint density at radius 2 is 2.19 bits per heavy atom. The molecule has 1 aromatic heterocycles. The Hall–Kier alpha value is -0.380. The smallest absolute Gasteiger partial charge is 0.0654 e. The van der Waals surface area contributed by atoms with E-state index in [1.807, 2.05) is 0 Å². The van der Waals surface area contributed by atoms with Gasteiger partial charge < -0.3 is 10.4 Å². The molecule has 0 aromatic carbocycles. The molecular weight excluding hydrogens is 218 g/mol. The second-order valence-corrected chi connectivity index (χ2v) is 5.65. The summed E-state index contributed by atoms with van der Waals surface area (Å²) in [5.74, 6) is 0. The summed E-state index contributed by atoms with van der Waals surface area (Å²) in [4.78, 5) is 1.30. The van der Waals surface area contributed by atoms with Crippen molar-refractivity contribution in [3.05, 3.63) is 21.9 Å². The number of nitrogens with one attached hydrogen (secondary N) is 1. The average Bonchev–Trinajstić information content (AvgIpc) is 2.74. The molecule has 90 valence electrons. The molecule has 16 heavy (non-hydrogen) atoms. The van der Waals surface area contributed by atoms with E-state index in [1.54, 1.807) is 11.3 Å². The van der Waals surface area contributed by atoms with Crippen molar-refractivity contribution in [3.8, 4) is 0 Å². The van der Waals surface area contributed by atoms with Crippen LogP contribution in [-0.2, 0) is 0 Å². The molecule has 2 N–H and O–H groups in total. The first kappa shape index (κ1) is 12.1. The summed E-state index contributed by atoms with van der Waals surface area (Å²) in [7, 11) is 0. The third-order valence-corrected chi connectivity index (χ3v) is 4.58. The predicted octanol–water partition coefficient (Wildman–Crippen LogP) is 3.01. The number of thiophene rings is 1. The highest BCUT2D eigenvalue weighted by molar-refractivity contribution is 7.10. The Morgan fingerprint density at radius 3 is 2.75 bits per heavy atom. The highest BCUT2D eigenvalue weighted by Gasteiger charge is 2.20. The van der Waals surface area contributed by atoms with Gasteiger partial charge >= 0.3 is 0 Å². The third-order valence-electron chi connectivity index (χ3n) is 3.44. The van der Waals surface area contributed by atoms with Gasteiger partial charge in [-0.25, -0.2) is 0 Å². The second kappa shape index (κ2) is 5.80. The Morgan fingerprint density at radius 1 is 1.44 bits per heavy atom. The molecule has 1 saturated carbocycles. The maximum atomic E-state index is 9.50. The first-order chi connectivity index (χ1) is 7.81. The minimum atomic E-state index is 0.142. The summed E-state index contributed by atoms with van der Waals surface area (Å²) in [5, 5.41) is 15.2. The monoisotopic (exact) mass is 239 g/mol. The van der Waals surface area contributed by atoms with Gasteiger partial charge in [0.2, 0.25) is 0 Å². The summed E-state index contributed by atoms with van der Waals surface area (Å²) in [6.45, 7) is 2.33. The SMILES string of the molecule is Cc1ccsc1C(CO)NC1CCCCC1. The lowest BCUT2D eigenvalue weighted by molar-refractivity contribution is 0.222. The van der Waals surface area contributed by atoms with Crippen molar-refractivity contribution in [1.82, 2.24) is 5.32 Å². The summed E-state index contributed by atoms with van der Waals surface area (Å²) in [5.41, 5.74) is 1.30. The minimum absolute atomic E-state index is 0.142. The molecule has 1 aliphatic carbocycles. The van der Waals surface area contributed by atoms with E-state index in [-0.39, 0.29) is 12.6 Å². The van der Waals surface area contributed by atoms with Crippen LogP contribution in [0.4, 0.5) is 0 Å². The Bertz CT molecular complexity index is 317. The molecule has 1 unspecified atom stereocenters. The van der Waals surface area contributed by atoms with Crippen molar-refractivity contribution >= 4 is 11.3 Å². The van der Waals surface area contributed by atoms with Crippen LogP contribution in [0.5, 0.6) is 0 Å². The highest BCUT2D eigenvalue weighted by Crippen LogP contribution is 2.26. The minimum Gasteiger partial charge on any atom is -0.394 e. The van der Waals surface area contributed by atoms with Gasteiger partial charge in [0.25, 0.3) is 0 Å². The van der Waals surface area contributed by atoms with Crippen LogP contribution in [-0.4, -0.2) is 17.8 Å². The first-order valence-electron chi connectivity index (χ1n) is 6.22.